The Labute approximate surface area is 246 Å². The number of carbonyl (C=O) groups is 2. The lowest BCUT2D eigenvalue weighted by Gasteiger charge is -2.18. The molecule has 4 N–H and O–H groups in total. The molecule has 1 aromatic heterocycles. The van der Waals surface area contributed by atoms with Crippen molar-refractivity contribution in [1.29, 1.82) is 0 Å². The molecule has 222 valence electrons. The molecule has 0 radical (unpaired) electrons. The summed E-state index contributed by atoms with van der Waals surface area (Å²) in [5, 5.41) is 8.77. The van der Waals surface area contributed by atoms with Gasteiger partial charge in [-0.1, -0.05) is 30.3 Å². The Morgan fingerprint density at radius 1 is 1.05 bits per heavy atom. The number of ether oxygens (including phenoxy) is 1. The summed E-state index contributed by atoms with van der Waals surface area (Å²) in [4.78, 5) is 51.0. The van der Waals surface area contributed by atoms with Gasteiger partial charge in [-0.05, 0) is 65.4 Å². The fourth-order valence-corrected chi connectivity index (χ4v) is 5.34. The van der Waals surface area contributed by atoms with Crippen molar-refractivity contribution >= 4 is 17.5 Å². The summed E-state index contributed by atoms with van der Waals surface area (Å²) in [6, 6.07) is 14.4. The molecule has 1 aliphatic heterocycles. The third kappa shape index (κ3) is 5.84. The highest BCUT2D eigenvalue weighted by molar-refractivity contribution is 6.04. The molecule has 0 bridgehead atoms. The topological polar surface area (TPSA) is 134 Å². The molecule has 4 aromatic rings. The summed E-state index contributed by atoms with van der Waals surface area (Å²) >= 11 is 0. The lowest BCUT2D eigenvalue weighted by molar-refractivity contribution is -0.119. The van der Waals surface area contributed by atoms with E-state index in [2.05, 4.69) is 20.9 Å². The minimum atomic E-state index is -0.700. The van der Waals surface area contributed by atoms with Crippen molar-refractivity contribution in [3.05, 3.63) is 104 Å². The number of nitrogens with zero attached hydrogens (tertiary/aromatic N) is 1. The molecule has 0 unspecified atom stereocenters. The summed E-state index contributed by atoms with van der Waals surface area (Å²) in [5.74, 6) is -0.689. The first kappa shape index (κ1) is 29.5. The molecule has 1 aliphatic rings. The van der Waals surface area contributed by atoms with Gasteiger partial charge in [-0.3, -0.25) is 19.0 Å². The number of H-pyrrole nitrogens is 1. The molecule has 10 nitrogen and oxygen atoms in total. The van der Waals surface area contributed by atoms with E-state index in [1.807, 2.05) is 38.1 Å². The maximum Gasteiger partial charge on any atom is 0.328 e. The number of aromatic amines is 1. The number of aromatic nitrogens is 2. The number of nitrogens with one attached hydrogen (secondary N) is 4. The highest BCUT2D eigenvalue weighted by Gasteiger charge is 2.23. The van der Waals surface area contributed by atoms with Crippen LogP contribution < -0.4 is 31.9 Å². The van der Waals surface area contributed by atoms with Crippen LogP contribution in [-0.4, -0.2) is 41.1 Å². The van der Waals surface area contributed by atoms with E-state index < -0.39 is 23.0 Å². The van der Waals surface area contributed by atoms with Crippen molar-refractivity contribution in [1.82, 2.24) is 20.2 Å². The summed E-state index contributed by atoms with van der Waals surface area (Å²) in [6.07, 6.45) is 1.46. The van der Waals surface area contributed by atoms with Gasteiger partial charge in [0.2, 0.25) is 5.91 Å². The van der Waals surface area contributed by atoms with Crippen molar-refractivity contribution in [2.45, 2.75) is 32.9 Å². The molecule has 0 saturated carbocycles. The summed E-state index contributed by atoms with van der Waals surface area (Å²) in [7, 11) is 2.79. The van der Waals surface area contributed by atoms with Gasteiger partial charge in [0.1, 0.15) is 17.1 Å². The average molecular weight is 586 g/mol. The van der Waals surface area contributed by atoms with Crippen molar-refractivity contribution < 1.29 is 18.7 Å². The Hall–Kier alpha value is -5.03. The number of hydrogen-bond donors (Lipinski definition) is 4. The fourth-order valence-electron chi connectivity index (χ4n) is 5.34. The van der Waals surface area contributed by atoms with Gasteiger partial charge < -0.3 is 25.7 Å². The number of carbonyl (C=O) groups excluding carboxylic acids is 2. The minimum Gasteiger partial charge on any atom is -0.496 e. The van der Waals surface area contributed by atoms with Crippen LogP contribution in [0.3, 0.4) is 0 Å². The number of anilines is 1. The number of hydrogen-bond acceptors (Lipinski definition) is 6. The Bertz CT molecular complexity index is 1860. The maximum atomic E-state index is 15.5. The molecule has 5 rings (SSSR count). The van der Waals surface area contributed by atoms with E-state index in [9.17, 15) is 19.2 Å². The molecule has 3 aromatic carbocycles. The molecule has 43 heavy (non-hydrogen) atoms. The van der Waals surface area contributed by atoms with Crippen LogP contribution in [0.15, 0.2) is 64.3 Å². The molecule has 1 saturated heterocycles. The molecule has 1 atom stereocenters. The van der Waals surface area contributed by atoms with Crippen LogP contribution >= 0.6 is 0 Å². The lowest BCUT2D eigenvalue weighted by atomic mass is 9.90. The van der Waals surface area contributed by atoms with Crippen molar-refractivity contribution in [3.8, 4) is 28.0 Å². The molecule has 11 heteroatoms. The Kier molecular flexibility index (Phi) is 8.27. The van der Waals surface area contributed by atoms with Gasteiger partial charge in [-0.15, -0.1) is 0 Å². The van der Waals surface area contributed by atoms with Crippen LogP contribution in [0.2, 0.25) is 0 Å². The van der Waals surface area contributed by atoms with E-state index >= 15 is 4.39 Å². The quantitative estimate of drug-likeness (QED) is 0.251. The number of halogens is 1. The van der Waals surface area contributed by atoms with E-state index in [0.717, 1.165) is 38.6 Å². The smallest absolute Gasteiger partial charge is 0.328 e. The van der Waals surface area contributed by atoms with Gasteiger partial charge in [-0.25, -0.2) is 9.18 Å². The monoisotopic (exact) mass is 585 g/mol. The van der Waals surface area contributed by atoms with Crippen LogP contribution in [0.5, 0.6) is 5.75 Å². The van der Waals surface area contributed by atoms with Gasteiger partial charge >= 0.3 is 5.69 Å². The zero-order valence-corrected chi connectivity index (χ0v) is 24.3. The second-order valence-electron chi connectivity index (χ2n) is 10.5. The standard InChI is InChI=1S/C32H32FN5O5/c1-17-21(19-11-26(33)24(28(12-19)43-4)15-34-20-13-29(39)35-14-20)7-5-8-22(17)23-9-6-10-27(18(23)2)37-30(40)25-16-36-32(42)38(3)31(25)41/h5-12,16,20,34H,13-15H2,1-4H3,(H,35,39)(H,36,42)(H,37,40)/t20-/m1/s1. The molecular formula is C32H32FN5O5. The molecule has 1 fully saturated rings. The zero-order chi connectivity index (χ0) is 30.8. The first-order valence-corrected chi connectivity index (χ1v) is 13.8. The van der Waals surface area contributed by atoms with Crippen molar-refractivity contribution in [2.75, 3.05) is 19.0 Å². The first-order chi connectivity index (χ1) is 20.6. The van der Waals surface area contributed by atoms with Crippen LogP contribution in [-0.2, 0) is 18.4 Å². The second-order valence-corrected chi connectivity index (χ2v) is 10.5. The third-order valence-corrected chi connectivity index (χ3v) is 7.86. The minimum absolute atomic E-state index is 0.0293. The lowest BCUT2D eigenvalue weighted by Crippen LogP contribution is -2.37. The van der Waals surface area contributed by atoms with E-state index in [-0.39, 0.29) is 24.1 Å². The SMILES string of the molecule is COc1cc(-c2cccc(-c3cccc(NC(=O)c4c[nH]c(=O)n(C)c4=O)c3C)c2C)cc(F)c1CN[C@H]1CNC(=O)C1. The largest absolute Gasteiger partial charge is 0.496 e. The Morgan fingerprint density at radius 2 is 1.74 bits per heavy atom. The molecule has 0 aliphatic carbocycles. The van der Waals surface area contributed by atoms with E-state index in [0.29, 0.717) is 35.5 Å². The van der Waals surface area contributed by atoms with Crippen LogP contribution in [0.4, 0.5) is 10.1 Å². The van der Waals surface area contributed by atoms with E-state index in [4.69, 9.17) is 4.74 Å². The van der Waals surface area contributed by atoms with Gasteiger partial charge in [-0.2, -0.15) is 0 Å². The molecule has 0 spiro atoms. The second kappa shape index (κ2) is 12.1. The average Bonchev–Trinajstić information content (AvgIpc) is 3.41. The number of rotatable bonds is 8. The number of amides is 2. The highest BCUT2D eigenvalue weighted by Crippen LogP contribution is 2.37. The van der Waals surface area contributed by atoms with Crippen LogP contribution in [0.25, 0.3) is 22.3 Å². The summed E-state index contributed by atoms with van der Waals surface area (Å²) in [5.41, 5.74) is 4.24. The normalized spacial score (nSPS) is 14.4. The van der Waals surface area contributed by atoms with Crippen LogP contribution in [0.1, 0.15) is 33.5 Å². The highest BCUT2D eigenvalue weighted by atomic mass is 19.1. The van der Waals surface area contributed by atoms with Gasteiger partial charge in [0.25, 0.3) is 11.5 Å². The van der Waals surface area contributed by atoms with E-state index in [1.54, 1.807) is 18.2 Å². The predicted octanol–water partition coefficient (Wildman–Crippen LogP) is 3.40. The Balaban J connectivity index is 1.45. The predicted molar refractivity (Wildman–Crippen MR) is 162 cm³/mol. The molecule has 2 amide bonds. The van der Waals surface area contributed by atoms with Gasteiger partial charge in [0.15, 0.2) is 0 Å². The summed E-state index contributed by atoms with van der Waals surface area (Å²) in [6.45, 7) is 4.53. The first-order valence-electron chi connectivity index (χ1n) is 13.8. The van der Waals surface area contributed by atoms with E-state index in [1.165, 1.54) is 20.2 Å². The van der Waals surface area contributed by atoms with Gasteiger partial charge in [0, 0.05) is 50.0 Å². The third-order valence-electron chi connectivity index (χ3n) is 7.86. The van der Waals surface area contributed by atoms with Crippen LogP contribution in [0, 0.1) is 19.7 Å². The van der Waals surface area contributed by atoms with Crippen molar-refractivity contribution in [2.24, 2.45) is 7.05 Å². The molecule has 2 heterocycles. The van der Waals surface area contributed by atoms with Crippen molar-refractivity contribution in [3.63, 3.8) is 0 Å². The molecular weight excluding hydrogens is 553 g/mol. The Morgan fingerprint density at radius 3 is 2.44 bits per heavy atom. The maximum absolute atomic E-state index is 15.5. The van der Waals surface area contributed by atoms with Gasteiger partial charge in [0.05, 0.1) is 7.11 Å². The summed E-state index contributed by atoms with van der Waals surface area (Å²) < 4.78 is 21.9. The number of benzene rings is 3. The zero-order valence-electron chi connectivity index (χ0n) is 24.3. The number of methoxy groups -OCH3 is 1. The fraction of sp³-hybridized carbons (Fsp3) is 0.250.